The molecule has 0 bridgehead atoms. The number of sulfonamides is 1. The highest BCUT2D eigenvalue weighted by Gasteiger charge is 2.25. The third-order valence-electron chi connectivity index (χ3n) is 6.61. The normalized spacial score (nSPS) is 15.2. The number of amides is 1. The van der Waals surface area contributed by atoms with Gasteiger partial charge in [0.2, 0.25) is 0 Å². The fourth-order valence-corrected chi connectivity index (χ4v) is 5.45. The number of nitrogens with zero attached hydrogens (tertiary/aromatic N) is 3. The molecule has 0 unspecified atom stereocenters. The minimum atomic E-state index is -4.12. The molecule has 3 aromatic rings. The number of nitrogens with one attached hydrogen (secondary N) is 2. The fraction of sp³-hybridized carbons (Fsp3) is 0.360. The van der Waals surface area contributed by atoms with Crippen molar-refractivity contribution in [1.82, 2.24) is 19.6 Å². The first-order valence-electron chi connectivity index (χ1n) is 11.6. The van der Waals surface area contributed by atoms with E-state index in [0.29, 0.717) is 22.5 Å². The number of hydrogen-bond acceptors (Lipinski definition) is 5. The van der Waals surface area contributed by atoms with E-state index in [4.69, 9.17) is 0 Å². The van der Waals surface area contributed by atoms with Crippen LogP contribution in [0, 0.1) is 13.8 Å². The van der Waals surface area contributed by atoms with Gasteiger partial charge in [0.15, 0.2) is 0 Å². The van der Waals surface area contributed by atoms with Crippen LogP contribution in [0.25, 0.3) is 5.69 Å². The van der Waals surface area contributed by atoms with Crippen molar-refractivity contribution in [3.63, 3.8) is 0 Å². The first-order valence-corrected chi connectivity index (χ1v) is 13.0. The highest BCUT2D eigenvalue weighted by molar-refractivity contribution is 7.92. The van der Waals surface area contributed by atoms with Crippen molar-refractivity contribution >= 4 is 21.6 Å². The number of carbonyl (C=O) groups excluding carboxylic acids is 1. The zero-order valence-electron chi connectivity index (χ0n) is 20.4. The number of piperidine rings is 1. The predicted octanol–water partition coefficient (Wildman–Crippen LogP) is 2.42. The molecule has 2 heterocycles. The lowest BCUT2D eigenvalue weighted by atomic mass is 10.0. The van der Waals surface area contributed by atoms with E-state index in [1.165, 1.54) is 16.8 Å². The SMILES string of the molecule is Cc1ccc(S(=O)(=O)Nc2c(C)n(C)n(-c3ccccc3)c2=O)cc1C(=O)NC1CCN(C)CC1. The van der Waals surface area contributed by atoms with Crippen molar-refractivity contribution in [3.8, 4) is 5.69 Å². The molecule has 0 atom stereocenters. The molecule has 0 saturated carbocycles. The third kappa shape index (κ3) is 5.03. The topological polar surface area (TPSA) is 105 Å². The van der Waals surface area contributed by atoms with Gasteiger partial charge in [-0.25, -0.2) is 13.1 Å². The average Bonchev–Trinajstić information content (AvgIpc) is 3.04. The molecule has 0 aliphatic carbocycles. The maximum atomic E-state index is 13.3. The van der Waals surface area contributed by atoms with Crippen LogP contribution in [0.3, 0.4) is 0 Å². The summed E-state index contributed by atoms with van der Waals surface area (Å²) in [5.74, 6) is -0.295. The smallest absolute Gasteiger partial charge is 0.296 e. The van der Waals surface area contributed by atoms with E-state index >= 15 is 0 Å². The lowest BCUT2D eigenvalue weighted by molar-refractivity contribution is 0.0916. The van der Waals surface area contributed by atoms with Crippen LogP contribution < -0.4 is 15.6 Å². The summed E-state index contributed by atoms with van der Waals surface area (Å²) in [4.78, 5) is 28.2. The van der Waals surface area contributed by atoms with Gasteiger partial charge in [0.1, 0.15) is 5.69 Å². The second kappa shape index (κ2) is 9.71. The number of benzene rings is 2. The van der Waals surface area contributed by atoms with Gasteiger partial charge in [0.25, 0.3) is 21.5 Å². The highest BCUT2D eigenvalue weighted by Crippen LogP contribution is 2.21. The first-order chi connectivity index (χ1) is 16.6. The fourth-order valence-electron chi connectivity index (χ4n) is 4.31. The number of anilines is 1. The molecule has 1 aromatic heterocycles. The summed E-state index contributed by atoms with van der Waals surface area (Å²) in [6.07, 6.45) is 1.70. The quantitative estimate of drug-likeness (QED) is 0.544. The lowest BCUT2D eigenvalue weighted by Crippen LogP contribution is -2.43. The van der Waals surface area contributed by atoms with Gasteiger partial charge in [-0.3, -0.25) is 19.0 Å². The molecular formula is C25H31N5O4S. The van der Waals surface area contributed by atoms with Crippen LogP contribution in [0.4, 0.5) is 5.69 Å². The summed E-state index contributed by atoms with van der Waals surface area (Å²) in [6, 6.07) is 13.5. The standard InChI is InChI=1S/C25H31N5O4S/c1-17-10-11-21(16-22(17)24(31)26-19-12-14-28(3)15-13-19)35(33,34)27-23-18(2)29(4)30(25(23)32)20-8-6-5-7-9-20/h5-11,16,19,27H,12-15H2,1-4H3,(H,26,31). The number of para-hydroxylation sites is 1. The first kappa shape index (κ1) is 24.7. The molecule has 0 radical (unpaired) electrons. The van der Waals surface area contributed by atoms with E-state index in [2.05, 4.69) is 14.9 Å². The predicted molar refractivity (Wildman–Crippen MR) is 136 cm³/mol. The van der Waals surface area contributed by atoms with Crippen LogP contribution in [0.2, 0.25) is 0 Å². The molecular weight excluding hydrogens is 466 g/mol. The van der Waals surface area contributed by atoms with E-state index in [1.807, 2.05) is 13.1 Å². The highest BCUT2D eigenvalue weighted by atomic mass is 32.2. The van der Waals surface area contributed by atoms with Gasteiger partial charge < -0.3 is 10.2 Å². The van der Waals surface area contributed by atoms with Crippen LogP contribution in [0.1, 0.15) is 34.5 Å². The number of hydrogen-bond donors (Lipinski definition) is 2. The van der Waals surface area contributed by atoms with Crippen molar-refractivity contribution in [2.24, 2.45) is 7.05 Å². The minimum absolute atomic E-state index is 0.0331. The van der Waals surface area contributed by atoms with Crippen molar-refractivity contribution < 1.29 is 13.2 Å². The molecule has 1 aliphatic rings. The maximum Gasteiger partial charge on any atom is 0.296 e. The number of aromatic nitrogens is 2. The minimum Gasteiger partial charge on any atom is -0.349 e. The van der Waals surface area contributed by atoms with Crippen LogP contribution in [0.15, 0.2) is 58.2 Å². The molecule has 1 aliphatic heterocycles. The van der Waals surface area contributed by atoms with Crippen molar-refractivity contribution in [1.29, 1.82) is 0 Å². The van der Waals surface area contributed by atoms with Crippen molar-refractivity contribution in [2.75, 3.05) is 24.9 Å². The van der Waals surface area contributed by atoms with Gasteiger partial charge in [-0.1, -0.05) is 24.3 Å². The van der Waals surface area contributed by atoms with Crippen molar-refractivity contribution in [2.45, 2.75) is 37.6 Å². The molecule has 1 fully saturated rings. The monoisotopic (exact) mass is 497 g/mol. The van der Waals surface area contributed by atoms with Gasteiger partial charge >= 0.3 is 0 Å². The van der Waals surface area contributed by atoms with E-state index in [-0.39, 0.29) is 22.5 Å². The Morgan fingerprint density at radius 2 is 1.66 bits per heavy atom. The van der Waals surface area contributed by atoms with Crippen molar-refractivity contribution in [3.05, 3.63) is 75.7 Å². The number of carbonyl (C=O) groups is 1. The summed E-state index contributed by atoms with van der Waals surface area (Å²) in [5.41, 5.74) is 1.56. The molecule has 4 rings (SSSR count). The molecule has 0 spiro atoms. The Bertz CT molecular complexity index is 1400. The lowest BCUT2D eigenvalue weighted by Gasteiger charge is -2.29. The molecule has 2 N–H and O–H groups in total. The van der Waals surface area contributed by atoms with Crippen LogP contribution >= 0.6 is 0 Å². The average molecular weight is 498 g/mol. The Morgan fingerprint density at radius 1 is 1.00 bits per heavy atom. The number of likely N-dealkylation sites (tertiary alicyclic amines) is 1. The summed E-state index contributed by atoms with van der Waals surface area (Å²) in [5, 5.41) is 3.03. The Labute approximate surface area is 205 Å². The van der Waals surface area contributed by atoms with E-state index in [1.54, 1.807) is 55.9 Å². The summed E-state index contributed by atoms with van der Waals surface area (Å²) in [7, 11) is -0.379. The maximum absolute atomic E-state index is 13.3. The van der Waals surface area contributed by atoms with E-state index in [0.717, 1.165) is 25.9 Å². The third-order valence-corrected chi connectivity index (χ3v) is 7.96. The largest absolute Gasteiger partial charge is 0.349 e. The van der Waals surface area contributed by atoms with Crippen LogP contribution in [0.5, 0.6) is 0 Å². The second-order valence-electron chi connectivity index (χ2n) is 9.07. The van der Waals surface area contributed by atoms with Crippen LogP contribution in [-0.4, -0.2) is 54.8 Å². The van der Waals surface area contributed by atoms with Crippen LogP contribution in [-0.2, 0) is 17.1 Å². The zero-order valence-corrected chi connectivity index (χ0v) is 21.2. The van der Waals surface area contributed by atoms with E-state index < -0.39 is 15.6 Å². The van der Waals surface area contributed by atoms with E-state index in [9.17, 15) is 18.0 Å². The van der Waals surface area contributed by atoms with Gasteiger partial charge in [-0.05, 0) is 76.7 Å². The molecule has 35 heavy (non-hydrogen) atoms. The molecule has 10 heteroatoms. The number of aryl methyl sites for hydroxylation is 1. The Kier molecular flexibility index (Phi) is 6.86. The molecule has 2 aromatic carbocycles. The Hall–Kier alpha value is -3.37. The van der Waals surface area contributed by atoms with Gasteiger partial charge in [-0.2, -0.15) is 0 Å². The summed E-state index contributed by atoms with van der Waals surface area (Å²) >= 11 is 0. The molecule has 1 amide bonds. The summed E-state index contributed by atoms with van der Waals surface area (Å²) in [6.45, 7) is 5.25. The number of rotatable bonds is 6. The zero-order chi connectivity index (χ0) is 25.3. The van der Waals surface area contributed by atoms with Gasteiger partial charge in [0.05, 0.1) is 16.3 Å². The van der Waals surface area contributed by atoms with Gasteiger partial charge in [-0.15, -0.1) is 0 Å². The molecule has 1 saturated heterocycles. The second-order valence-corrected chi connectivity index (χ2v) is 10.8. The van der Waals surface area contributed by atoms with Gasteiger partial charge in [0, 0.05) is 18.7 Å². The Balaban J connectivity index is 1.62. The molecule has 186 valence electrons. The molecule has 9 nitrogen and oxygen atoms in total. The summed E-state index contributed by atoms with van der Waals surface area (Å²) < 4.78 is 32.0. The Morgan fingerprint density at radius 3 is 2.31 bits per heavy atom.